The number of nitrogens with zero attached hydrogens (tertiary/aromatic N) is 4. The summed E-state index contributed by atoms with van der Waals surface area (Å²) >= 11 is 0. The van der Waals surface area contributed by atoms with Crippen molar-refractivity contribution in [2.75, 3.05) is 0 Å². The summed E-state index contributed by atoms with van der Waals surface area (Å²) in [7, 11) is 0. The Morgan fingerprint density at radius 3 is 2.27 bits per heavy atom. The SMILES string of the molecule is O=C(O)c1ccc(-c2ccc(Cn3ccc4cc(-c5nn[nH]n5)ccc43)cc2)cc1. The second-order valence-electron chi connectivity index (χ2n) is 7.03. The van der Waals surface area contributed by atoms with E-state index >= 15 is 0 Å². The number of H-pyrrole nitrogens is 1. The highest BCUT2D eigenvalue weighted by Crippen LogP contribution is 2.24. The van der Waals surface area contributed by atoms with Gasteiger partial charge in [0.2, 0.25) is 5.82 Å². The van der Waals surface area contributed by atoms with Gasteiger partial charge in [0.1, 0.15) is 0 Å². The number of nitrogens with one attached hydrogen (secondary N) is 1. The maximum absolute atomic E-state index is 11.0. The van der Waals surface area contributed by atoms with Crippen molar-refractivity contribution in [2.45, 2.75) is 6.54 Å². The summed E-state index contributed by atoms with van der Waals surface area (Å²) < 4.78 is 2.20. The molecule has 2 N–H and O–H groups in total. The Bertz CT molecular complexity index is 1320. The molecule has 2 aromatic heterocycles. The first-order valence-corrected chi connectivity index (χ1v) is 9.43. The minimum absolute atomic E-state index is 0.289. The average molecular weight is 395 g/mol. The number of fused-ring (bicyclic) bond motifs is 1. The zero-order valence-corrected chi connectivity index (χ0v) is 15.9. The minimum atomic E-state index is -0.916. The van der Waals surface area contributed by atoms with E-state index in [0.717, 1.165) is 34.1 Å². The van der Waals surface area contributed by atoms with E-state index in [-0.39, 0.29) is 5.56 Å². The molecule has 0 radical (unpaired) electrons. The highest BCUT2D eigenvalue weighted by Gasteiger charge is 2.08. The molecule has 30 heavy (non-hydrogen) atoms. The summed E-state index contributed by atoms with van der Waals surface area (Å²) in [6.45, 7) is 0.753. The Kier molecular flexibility index (Phi) is 4.33. The molecule has 0 saturated heterocycles. The fourth-order valence-electron chi connectivity index (χ4n) is 3.57. The number of rotatable bonds is 5. The Labute approximate surface area is 171 Å². The molecule has 0 fully saturated rings. The van der Waals surface area contributed by atoms with Crippen LogP contribution in [0.15, 0.2) is 79.0 Å². The number of hydrogen-bond acceptors (Lipinski definition) is 4. The molecule has 146 valence electrons. The van der Waals surface area contributed by atoms with Gasteiger partial charge >= 0.3 is 5.97 Å². The van der Waals surface area contributed by atoms with Crippen molar-refractivity contribution in [3.63, 3.8) is 0 Å². The van der Waals surface area contributed by atoms with Crippen LogP contribution in [0.4, 0.5) is 0 Å². The van der Waals surface area contributed by atoms with Crippen molar-refractivity contribution < 1.29 is 9.90 Å². The molecule has 7 nitrogen and oxygen atoms in total. The van der Waals surface area contributed by atoms with Gasteiger partial charge in [0.15, 0.2) is 0 Å². The lowest BCUT2D eigenvalue weighted by Gasteiger charge is -2.08. The standard InChI is InChI=1S/C23H17N5O2/c29-23(30)18-7-5-17(6-8-18)16-3-1-15(2-4-16)14-28-12-11-19-13-20(9-10-21(19)28)22-24-26-27-25-22/h1-13H,14H2,(H,29,30)(H,24,25,26,27). The van der Waals surface area contributed by atoms with Crippen LogP contribution in [0.5, 0.6) is 0 Å². The van der Waals surface area contributed by atoms with E-state index in [1.165, 1.54) is 5.56 Å². The fourth-order valence-corrected chi connectivity index (χ4v) is 3.57. The smallest absolute Gasteiger partial charge is 0.335 e. The number of aromatic carboxylic acids is 1. The zero-order chi connectivity index (χ0) is 20.5. The molecule has 0 saturated carbocycles. The van der Waals surface area contributed by atoms with Crippen LogP contribution < -0.4 is 0 Å². The monoisotopic (exact) mass is 395 g/mol. The van der Waals surface area contributed by atoms with E-state index in [0.29, 0.717) is 5.82 Å². The van der Waals surface area contributed by atoms with Crippen molar-refractivity contribution in [3.8, 4) is 22.5 Å². The molecular formula is C23H17N5O2. The topological polar surface area (TPSA) is 96.7 Å². The summed E-state index contributed by atoms with van der Waals surface area (Å²) in [6.07, 6.45) is 2.07. The zero-order valence-electron chi connectivity index (χ0n) is 15.9. The van der Waals surface area contributed by atoms with E-state index in [4.69, 9.17) is 5.11 Å². The normalized spacial score (nSPS) is 11.1. The van der Waals surface area contributed by atoms with E-state index in [2.05, 4.69) is 73.9 Å². The van der Waals surface area contributed by atoms with Crippen LogP contribution >= 0.6 is 0 Å². The van der Waals surface area contributed by atoms with Crippen molar-refractivity contribution in [1.82, 2.24) is 25.2 Å². The van der Waals surface area contributed by atoms with Gasteiger partial charge in [0.25, 0.3) is 0 Å². The molecule has 0 unspecified atom stereocenters. The van der Waals surface area contributed by atoms with Crippen LogP contribution in [-0.2, 0) is 6.54 Å². The van der Waals surface area contributed by atoms with Gasteiger partial charge in [-0.25, -0.2) is 4.79 Å². The van der Waals surface area contributed by atoms with Crippen molar-refractivity contribution in [3.05, 3.63) is 90.1 Å². The van der Waals surface area contributed by atoms with Crippen molar-refractivity contribution >= 4 is 16.9 Å². The second kappa shape index (κ2) is 7.29. The van der Waals surface area contributed by atoms with E-state index in [1.807, 2.05) is 18.2 Å². The molecule has 5 rings (SSSR count). The van der Waals surface area contributed by atoms with Gasteiger partial charge in [-0.05, 0) is 58.3 Å². The van der Waals surface area contributed by atoms with E-state index < -0.39 is 5.97 Å². The minimum Gasteiger partial charge on any atom is -0.478 e. The molecule has 5 aromatic rings. The van der Waals surface area contributed by atoms with Crippen LogP contribution in [0.2, 0.25) is 0 Å². The fraction of sp³-hybridized carbons (Fsp3) is 0.0435. The molecule has 7 heteroatoms. The molecule has 0 spiro atoms. The molecule has 0 atom stereocenters. The Morgan fingerprint density at radius 1 is 0.900 bits per heavy atom. The first kappa shape index (κ1) is 17.8. The maximum atomic E-state index is 11.0. The third-order valence-corrected chi connectivity index (χ3v) is 5.15. The highest BCUT2D eigenvalue weighted by atomic mass is 16.4. The third-order valence-electron chi connectivity index (χ3n) is 5.15. The first-order chi connectivity index (χ1) is 14.7. The van der Waals surface area contributed by atoms with Crippen molar-refractivity contribution in [1.29, 1.82) is 0 Å². The highest BCUT2D eigenvalue weighted by molar-refractivity contribution is 5.88. The molecule has 2 heterocycles. The number of aromatic nitrogens is 5. The van der Waals surface area contributed by atoms with Crippen LogP contribution in [0.3, 0.4) is 0 Å². The molecule has 0 aliphatic rings. The van der Waals surface area contributed by atoms with Crippen LogP contribution in [0.1, 0.15) is 15.9 Å². The molecule has 0 aliphatic heterocycles. The van der Waals surface area contributed by atoms with E-state index in [9.17, 15) is 4.79 Å². The van der Waals surface area contributed by atoms with Crippen molar-refractivity contribution in [2.24, 2.45) is 0 Å². The number of benzene rings is 3. The number of carboxylic acids is 1. The van der Waals surface area contributed by atoms with Gasteiger partial charge in [-0.2, -0.15) is 5.21 Å². The van der Waals surface area contributed by atoms with Crippen LogP contribution in [0.25, 0.3) is 33.4 Å². The van der Waals surface area contributed by atoms with Gasteiger partial charge in [0.05, 0.1) is 5.56 Å². The predicted molar refractivity (Wildman–Crippen MR) is 113 cm³/mol. The molecule has 3 aromatic carbocycles. The van der Waals surface area contributed by atoms with Crippen LogP contribution in [-0.4, -0.2) is 36.3 Å². The number of aromatic amines is 1. The summed E-state index contributed by atoms with van der Waals surface area (Å²) in [5, 5.41) is 24.3. The molecular weight excluding hydrogens is 378 g/mol. The summed E-state index contributed by atoms with van der Waals surface area (Å²) in [5.41, 5.74) is 5.57. The lowest BCUT2D eigenvalue weighted by atomic mass is 10.0. The third kappa shape index (κ3) is 3.33. The second-order valence-corrected chi connectivity index (χ2v) is 7.03. The lowest BCUT2D eigenvalue weighted by Crippen LogP contribution is -1.98. The number of tetrazole rings is 1. The van der Waals surface area contributed by atoms with Gasteiger partial charge < -0.3 is 9.67 Å². The number of hydrogen-bond donors (Lipinski definition) is 2. The Morgan fingerprint density at radius 2 is 1.60 bits per heavy atom. The summed E-state index contributed by atoms with van der Waals surface area (Å²) in [6, 6.07) is 23.4. The molecule has 0 amide bonds. The average Bonchev–Trinajstić information content (AvgIpc) is 3.45. The summed E-state index contributed by atoms with van der Waals surface area (Å²) in [5.74, 6) is -0.336. The Balaban J connectivity index is 1.37. The lowest BCUT2D eigenvalue weighted by molar-refractivity contribution is 0.0697. The largest absolute Gasteiger partial charge is 0.478 e. The van der Waals surface area contributed by atoms with Gasteiger partial charge in [-0.3, -0.25) is 0 Å². The maximum Gasteiger partial charge on any atom is 0.335 e. The molecule has 0 aliphatic carbocycles. The predicted octanol–water partition coefficient (Wildman–Crippen LogP) is 4.23. The first-order valence-electron chi connectivity index (χ1n) is 9.43. The van der Waals surface area contributed by atoms with E-state index in [1.54, 1.807) is 12.1 Å². The quantitative estimate of drug-likeness (QED) is 0.464. The van der Waals surface area contributed by atoms with Gasteiger partial charge in [-0.15, -0.1) is 10.2 Å². The van der Waals surface area contributed by atoms with Crippen LogP contribution in [0, 0.1) is 0 Å². The number of carboxylic acid groups (broad SMARTS) is 1. The van der Waals surface area contributed by atoms with Gasteiger partial charge in [-0.1, -0.05) is 36.4 Å². The summed E-state index contributed by atoms with van der Waals surface area (Å²) in [4.78, 5) is 11.0. The number of carbonyl (C=O) groups is 1. The van der Waals surface area contributed by atoms with Gasteiger partial charge in [0, 0.05) is 29.2 Å². The Hall–Kier alpha value is -4.26. The molecule has 0 bridgehead atoms.